The van der Waals surface area contributed by atoms with E-state index in [0.717, 1.165) is 45.0 Å². The molecule has 1 fully saturated rings. The third kappa shape index (κ3) is 7.13. The van der Waals surface area contributed by atoms with Crippen molar-refractivity contribution in [3.8, 4) is 0 Å². The molecule has 0 aliphatic carbocycles. The Balaban J connectivity index is 0.00000338. The number of amides is 1. The second kappa shape index (κ2) is 12.1. The van der Waals surface area contributed by atoms with Crippen molar-refractivity contribution in [1.29, 1.82) is 0 Å². The first-order chi connectivity index (χ1) is 12.1. The second-order valence-electron chi connectivity index (χ2n) is 6.81. The van der Waals surface area contributed by atoms with E-state index < -0.39 is 0 Å². The zero-order valence-electron chi connectivity index (χ0n) is 16.2. The third-order valence-electron chi connectivity index (χ3n) is 4.89. The number of nitrogens with zero attached hydrogens (tertiary/aromatic N) is 2. The molecule has 1 atom stereocenters. The molecule has 26 heavy (non-hydrogen) atoms. The van der Waals surface area contributed by atoms with Crippen molar-refractivity contribution < 1.29 is 4.79 Å². The highest BCUT2D eigenvalue weighted by Gasteiger charge is 2.23. The molecule has 0 bridgehead atoms. The van der Waals surface area contributed by atoms with Gasteiger partial charge in [-0.05, 0) is 31.2 Å². The van der Waals surface area contributed by atoms with Crippen LogP contribution >= 0.6 is 24.0 Å². The number of hydrogen-bond donors (Lipinski definition) is 2. The summed E-state index contributed by atoms with van der Waals surface area (Å²) >= 11 is 0. The lowest BCUT2D eigenvalue weighted by molar-refractivity contribution is -0.121. The SMILES string of the molecule is CCNC(=NCC(C)c1ccccc1)N1CCC(CC(=O)NC)CC1.I. The van der Waals surface area contributed by atoms with Gasteiger partial charge in [0.2, 0.25) is 5.91 Å². The van der Waals surface area contributed by atoms with Gasteiger partial charge in [-0.15, -0.1) is 24.0 Å². The molecule has 0 saturated carbocycles. The molecule has 0 aromatic heterocycles. The first-order valence-corrected chi connectivity index (χ1v) is 9.42. The van der Waals surface area contributed by atoms with Gasteiger partial charge in [-0.1, -0.05) is 37.3 Å². The molecule has 1 heterocycles. The normalized spacial score (nSPS) is 16.6. The summed E-state index contributed by atoms with van der Waals surface area (Å²) in [5.74, 6) is 2.04. The number of guanidine groups is 1. The van der Waals surface area contributed by atoms with Gasteiger partial charge in [0.1, 0.15) is 0 Å². The number of aliphatic imine (C=N–C) groups is 1. The lowest BCUT2D eigenvalue weighted by Gasteiger charge is -2.34. The fraction of sp³-hybridized carbons (Fsp3) is 0.600. The predicted octanol–water partition coefficient (Wildman–Crippen LogP) is 3.22. The summed E-state index contributed by atoms with van der Waals surface area (Å²) in [5, 5.41) is 6.15. The van der Waals surface area contributed by atoms with Gasteiger partial charge in [-0.2, -0.15) is 0 Å². The molecule has 146 valence electrons. The maximum atomic E-state index is 11.5. The zero-order valence-corrected chi connectivity index (χ0v) is 18.5. The summed E-state index contributed by atoms with van der Waals surface area (Å²) in [6.07, 6.45) is 2.74. The number of piperidine rings is 1. The van der Waals surface area contributed by atoms with Crippen molar-refractivity contribution in [1.82, 2.24) is 15.5 Å². The fourth-order valence-electron chi connectivity index (χ4n) is 3.25. The number of carbonyl (C=O) groups is 1. The van der Waals surface area contributed by atoms with Crippen LogP contribution in [0.4, 0.5) is 0 Å². The highest BCUT2D eigenvalue weighted by atomic mass is 127. The topological polar surface area (TPSA) is 56.7 Å². The molecular weight excluding hydrogens is 439 g/mol. The number of benzene rings is 1. The smallest absolute Gasteiger partial charge is 0.220 e. The van der Waals surface area contributed by atoms with Crippen LogP contribution < -0.4 is 10.6 Å². The van der Waals surface area contributed by atoms with Gasteiger partial charge in [0.15, 0.2) is 5.96 Å². The van der Waals surface area contributed by atoms with Crippen LogP contribution in [0.15, 0.2) is 35.3 Å². The van der Waals surface area contributed by atoms with E-state index >= 15 is 0 Å². The molecule has 0 spiro atoms. The van der Waals surface area contributed by atoms with Crippen LogP contribution in [0.3, 0.4) is 0 Å². The number of nitrogens with one attached hydrogen (secondary N) is 2. The summed E-state index contributed by atoms with van der Waals surface area (Å²) in [7, 11) is 1.71. The summed E-state index contributed by atoms with van der Waals surface area (Å²) in [5.41, 5.74) is 1.33. The van der Waals surface area contributed by atoms with Crippen LogP contribution in [-0.4, -0.2) is 50.0 Å². The molecule has 6 heteroatoms. The van der Waals surface area contributed by atoms with Crippen LogP contribution in [0.5, 0.6) is 0 Å². The molecule has 5 nitrogen and oxygen atoms in total. The summed E-state index contributed by atoms with van der Waals surface area (Å²) in [6.45, 7) is 7.91. The largest absolute Gasteiger partial charge is 0.359 e. The Hall–Kier alpha value is -1.31. The Morgan fingerprint density at radius 1 is 1.27 bits per heavy atom. The maximum absolute atomic E-state index is 11.5. The molecule has 0 radical (unpaired) electrons. The van der Waals surface area contributed by atoms with Crippen molar-refractivity contribution in [2.24, 2.45) is 10.9 Å². The van der Waals surface area contributed by atoms with Gasteiger partial charge in [0, 0.05) is 45.6 Å². The molecule has 1 amide bonds. The Morgan fingerprint density at radius 3 is 2.50 bits per heavy atom. The maximum Gasteiger partial charge on any atom is 0.220 e. The van der Waals surface area contributed by atoms with E-state index in [1.165, 1.54) is 5.56 Å². The molecule has 1 aliphatic heterocycles. The summed E-state index contributed by atoms with van der Waals surface area (Å²) in [6, 6.07) is 10.5. The molecular formula is C20H33IN4O. The van der Waals surface area contributed by atoms with E-state index in [1.807, 2.05) is 6.07 Å². The number of carbonyl (C=O) groups excluding carboxylic acids is 1. The van der Waals surface area contributed by atoms with Gasteiger partial charge in [0.05, 0.1) is 0 Å². The average molecular weight is 472 g/mol. The Kier molecular flexibility index (Phi) is 10.6. The van der Waals surface area contributed by atoms with Gasteiger partial charge >= 0.3 is 0 Å². The number of rotatable bonds is 6. The van der Waals surface area contributed by atoms with Gasteiger partial charge in [0.25, 0.3) is 0 Å². The van der Waals surface area contributed by atoms with E-state index in [2.05, 4.69) is 53.6 Å². The number of likely N-dealkylation sites (tertiary alicyclic amines) is 1. The molecule has 2 N–H and O–H groups in total. The monoisotopic (exact) mass is 472 g/mol. The average Bonchev–Trinajstić information content (AvgIpc) is 2.66. The predicted molar refractivity (Wildman–Crippen MR) is 119 cm³/mol. The lowest BCUT2D eigenvalue weighted by Crippen LogP contribution is -2.46. The van der Waals surface area contributed by atoms with Crippen molar-refractivity contribution in [3.05, 3.63) is 35.9 Å². The van der Waals surface area contributed by atoms with Crippen molar-refractivity contribution in [2.75, 3.05) is 33.2 Å². The van der Waals surface area contributed by atoms with Gasteiger partial charge in [-0.3, -0.25) is 9.79 Å². The standard InChI is InChI=1S/C20H32N4O.HI/c1-4-22-20(23-15-16(2)18-8-6-5-7-9-18)24-12-10-17(11-13-24)14-19(25)21-3;/h5-9,16-17H,4,10-15H2,1-3H3,(H,21,25)(H,22,23);1H. The molecule has 1 aliphatic rings. The van der Waals surface area contributed by atoms with Gasteiger partial charge in [-0.25, -0.2) is 0 Å². The summed E-state index contributed by atoms with van der Waals surface area (Å²) < 4.78 is 0. The molecule has 1 unspecified atom stereocenters. The second-order valence-corrected chi connectivity index (χ2v) is 6.81. The van der Waals surface area contributed by atoms with E-state index in [9.17, 15) is 4.79 Å². The minimum Gasteiger partial charge on any atom is -0.359 e. The molecule has 2 rings (SSSR count). The zero-order chi connectivity index (χ0) is 18.1. The quantitative estimate of drug-likeness (QED) is 0.380. The minimum absolute atomic E-state index is 0. The highest BCUT2D eigenvalue weighted by Crippen LogP contribution is 2.21. The van der Waals surface area contributed by atoms with E-state index in [1.54, 1.807) is 7.05 Å². The number of halogens is 1. The van der Waals surface area contributed by atoms with E-state index in [0.29, 0.717) is 18.3 Å². The van der Waals surface area contributed by atoms with Crippen molar-refractivity contribution in [3.63, 3.8) is 0 Å². The lowest BCUT2D eigenvalue weighted by atomic mass is 9.93. The Labute approximate surface area is 175 Å². The fourth-order valence-corrected chi connectivity index (χ4v) is 3.25. The van der Waals surface area contributed by atoms with E-state index in [-0.39, 0.29) is 29.9 Å². The van der Waals surface area contributed by atoms with Crippen LogP contribution in [-0.2, 0) is 4.79 Å². The Morgan fingerprint density at radius 2 is 1.92 bits per heavy atom. The first-order valence-electron chi connectivity index (χ1n) is 9.42. The Bertz CT molecular complexity index is 556. The highest BCUT2D eigenvalue weighted by molar-refractivity contribution is 14.0. The first kappa shape index (κ1) is 22.7. The van der Waals surface area contributed by atoms with Gasteiger partial charge < -0.3 is 15.5 Å². The van der Waals surface area contributed by atoms with Crippen LogP contribution in [0.1, 0.15) is 44.6 Å². The number of hydrogen-bond acceptors (Lipinski definition) is 2. The molecule has 1 aromatic rings. The third-order valence-corrected chi connectivity index (χ3v) is 4.89. The van der Waals surface area contributed by atoms with Crippen molar-refractivity contribution >= 4 is 35.8 Å². The van der Waals surface area contributed by atoms with Crippen molar-refractivity contribution in [2.45, 2.75) is 39.0 Å². The van der Waals surface area contributed by atoms with E-state index in [4.69, 9.17) is 4.99 Å². The molecule has 1 saturated heterocycles. The summed E-state index contributed by atoms with van der Waals surface area (Å²) in [4.78, 5) is 18.8. The molecule has 1 aromatic carbocycles. The van der Waals surface area contributed by atoms with Crippen LogP contribution in [0, 0.1) is 5.92 Å². The minimum atomic E-state index is 0. The van der Waals surface area contributed by atoms with Crippen LogP contribution in [0.25, 0.3) is 0 Å². The van der Waals surface area contributed by atoms with Crippen LogP contribution in [0.2, 0.25) is 0 Å².